The molecule has 0 aliphatic carbocycles. The Balaban J connectivity index is 1.70. The highest BCUT2D eigenvalue weighted by Crippen LogP contribution is 2.22. The summed E-state index contributed by atoms with van der Waals surface area (Å²) in [6.07, 6.45) is 4.40. The van der Waals surface area contributed by atoms with Gasteiger partial charge >= 0.3 is 0 Å². The quantitative estimate of drug-likeness (QED) is 0.818. The highest BCUT2D eigenvalue weighted by atomic mass is 16.5. The molecule has 6 nitrogen and oxygen atoms in total. The first-order valence-corrected chi connectivity index (χ1v) is 5.94. The van der Waals surface area contributed by atoms with E-state index >= 15 is 0 Å². The average Bonchev–Trinajstić information content (AvgIpc) is 2.99. The first-order valence-electron chi connectivity index (χ1n) is 5.94. The molecule has 0 aromatic carbocycles. The van der Waals surface area contributed by atoms with E-state index in [0.29, 0.717) is 31.1 Å². The van der Waals surface area contributed by atoms with Crippen molar-refractivity contribution < 1.29 is 9.63 Å². The van der Waals surface area contributed by atoms with Crippen LogP contribution in [0.25, 0.3) is 0 Å². The molecule has 0 unspecified atom stereocenters. The molecule has 0 bridgehead atoms. The summed E-state index contributed by atoms with van der Waals surface area (Å²) in [6, 6.07) is 3.82. The van der Waals surface area contributed by atoms with Gasteiger partial charge in [0, 0.05) is 25.4 Å². The van der Waals surface area contributed by atoms with Gasteiger partial charge in [-0.15, -0.1) is 0 Å². The van der Waals surface area contributed by atoms with Gasteiger partial charge in [-0.05, 0) is 24.1 Å². The van der Waals surface area contributed by atoms with Crippen molar-refractivity contribution >= 4 is 0 Å². The van der Waals surface area contributed by atoms with Crippen LogP contribution in [0.1, 0.15) is 29.7 Å². The fourth-order valence-corrected chi connectivity index (χ4v) is 2.07. The standard InChI is InChI=1S/C12H14N4O2/c17-9-6-10(14-7-9)12-15-11(16-18-12)5-8-1-3-13-4-2-8/h1-4,9-10,14,17H,5-7H2/t9-,10-/m0/s1. The number of hydrogen-bond donors (Lipinski definition) is 2. The van der Waals surface area contributed by atoms with Crippen molar-refractivity contribution in [1.29, 1.82) is 0 Å². The maximum Gasteiger partial charge on any atom is 0.243 e. The van der Waals surface area contributed by atoms with E-state index in [1.165, 1.54) is 0 Å². The second kappa shape index (κ2) is 4.83. The molecule has 3 heterocycles. The maximum absolute atomic E-state index is 9.44. The molecule has 3 rings (SSSR count). The van der Waals surface area contributed by atoms with Crippen LogP contribution in [0.2, 0.25) is 0 Å². The zero-order valence-corrected chi connectivity index (χ0v) is 9.78. The molecule has 1 aliphatic heterocycles. The lowest BCUT2D eigenvalue weighted by Crippen LogP contribution is -2.15. The molecule has 0 saturated carbocycles. The Kier molecular flexibility index (Phi) is 3.04. The van der Waals surface area contributed by atoms with E-state index in [1.807, 2.05) is 12.1 Å². The van der Waals surface area contributed by atoms with Crippen LogP contribution in [0.5, 0.6) is 0 Å². The minimum absolute atomic E-state index is 0.0290. The zero-order chi connectivity index (χ0) is 12.4. The largest absolute Gasteiger partial charge is 0.392 e. The van der Waals surface area contributed by atoms with Crippen molar-refractivity contribution in [3.8, 4) is 0 Å². The van der Waals surface area contributed by atoms with E-state index < -0.39 is 0 Å². The number of aliphatic hydroxyl groups excluding tert-OH is 1. The summed E-state index contributed by atoms with van der Waals surface area (Å²) in [6.45, 7) is 0.576. The van der Waals surface area contributed by atoms with Crippen LogP contribution in [-0.2, 0) is 6.42 Å². The lowest BCUT2D eigenvalue weighted by Gasteiger charge is -2.01. The number of rotatable bonds is 3. The second-order valence-electron chi connectivity index (χ2n) is 4.43. The molecule has 2 atom stereocenters. The SMILES string of the molecule is O[C@@H]1CN[C@H](c2nc(Cc3ccncc3)no2)C1. The van der Waals surface area contributed by atoms with Crippen molar-refractivity contribution in [3.63, 3.8) is 0 Å². The van der Waals surface area contributed by atoms with Crippen LogP contribution in [0, 0.1) is 0 Å². The van der Waals surface area contributed by atoms with E-state index in [9.17, 15) is 5.11 Å². The van der Waals surface area contributed by atoms with E-state index in [4.69, 9.17) is 4.52 Å². The number of β-amino-alcohol motifs (C(OH)–C–C–N with tert-alkyl or cyclic N) is 1. The topological polar surface area (TPSA) is 84.1 Å². The summed E-state index contributed by atoms with van der Waals surface area (Å²) in [5, 5.41) is 16.5. The Morgan fingerprint density at radius 2 is 2.22 bits per heavy atom. The van der Waals surface area contributed by atoms with E-state index in [1.54, 1.807) is 12.4 Å². The molecule has 1 aliphatic rings. The molecule has 94 valence electrons. The summed E-state index contributed by atoms with van der Waals surface area (Å²) in [5.41, 5.74) is 1.09. The third-order valence-electron chi connectivity index (χ3n) is 3.00. The molecule has 6 heteroatoms. The molecule has 0 spiro atoms. The summed E-state index contributed by atoms with van der Waals surface area (Å²) in [4.78, 5) is 8.31. The van der Waals surface area contributed by atoms with Crippen LogP contribution in [0.4, 0.5) is 0 Å². The Morgan fingerprint density at radius 3 is 2.94 bits per heavy atom. The van der Waals surface area contributed by atoms with E-state index in [-0.39, 0.29) is 12.1 Å². The normalized spacial score (nSPS) is 23.4. The number of hydrogen-bond acceptors (Lipinski definition) is 6. The van der Waals surface area contributed by atoms with Crippen molar-refractivity contribution in [1.82, 2.24) is 20.4 Å². The smallest absolute Gasteiger partial charge is 0.243 e. The van der Waals surface area contributed by atoms with Gasteiger partial charge in [-0.2, -0.15) is 4.98 Å². The second-order valence-corrected chi connectivity index (χ2v) is 4.43. The van der Waals surface area contributed by atoms with Crippen molar-refractivity contribution in [2.24, 2.45) is 0 Å². The minimum Gasteiger partial charge on any atom is -0.392 e. The van der Waals surface area contributed by atoms with Gasteiger partial charge in [-0.1, -0.05) is 5.16 Å². The molecule has 2 aromatic rings. The van der Waals surface area contributed by atoms with Crippen LogP contribution in [-0.4, -0.2) is 32.9 Å². The lowest BCUT2D eigenvalue weighted by atomic mass is 10.2. The van der Waals surface area contributed by atoms with Crippen molar-refractivity contribution in [2.75, 3.05) is 6.54 Å². The van der Waals surface area contributed by atoms with Crippen molar-refractivity contribution in [2.45, 2.75) is 25.0 Å². The molecular formula is C12H14N4O2. The molecule has 1 saturated heterocycles. The van der Waals surface area contributed by atoms with Crippen LogP contribution in [0.3, 0.4) is 0 Å². The monoisotopic (exact) mass is 246 g/mol. The first kappa shape index (κ1) is 11.3. The third kappa shape index (κ3) is 2.39. The fourth-order valence-electron chi connectivity index (χ4n) is 2.07. The number of aromatic nitrogens is 3. The Morgan fingerprint density at radius 1 is 1.39 bits per heavy atom. The van der Waals surface area contributed by atoms with Crippen LogP contribution >= 0.6 is 0 Å². The Labute approximate surface area is 104 Å². The van der Waals surface area contributed by atoms with E-state index in [2.05, 4.69) is 20.4 Å². The van der Waals surface area contributed by atoms with Gasteiger partial charge in [0.1, 0.15) is 0 Å². The highest BCUT2D eigenvalue weighted by molar-refractivity contribution is 5.15. The van der Waals surface area contributed by atoms with Crippen LogP contribution in [0.15, 0.2) is 29.0 Å². The molecule has 0 radical (unpaired) electrons. The molecule has 2 N–H and O–H groups in total. The summed E-state index contributed by atoms with van der Waals surface area (Å²) in [7, 11) is 0. The van der Waals surface area contributed by atoms with Gasteiger partial charge in [0.2, 0.25) is 5.89 Å². The highest BCUT2D eigenvalue weighted by Gasteiger charge is 2.27. The molecule has 0 amide bonds. The number of nitrogens with one attached hydrogen (secondary N) is 1. The van der Waals surface area contributed by atoms with Crippen molar-refractivity contribution in [3.05, 3.63) is 41.8 Å². The average molecular weight is 246 g/mol. The number of aliphatic hydroxyl groups is 1. The van der Waals surface area contributed by atoms with Gasteiger partial charge in [0.25, 0.3) is 0 Å². The maximum atomic E-state index is 9.44. The van der Waals surface area contributed by atoms with E-state index in [0.717, 1.165) is 5.56 Å². The summed E-state index contributed by atoms with van der Waals surface area (Å²) < 4.78 is 5.22. The van der Waals surface area contributed by atoms with Gasteiger partial charge in [-0.3, -0.25) is 4.98 Å². The molecule has 18 heavy (non-hydrogen) atoms. The Hall–Kier alpha value is -1.79. The number of pyridine rings is 1. The molecular weight excluding hydrogens is 232 g/mol. The fraction of sp³-hybridized carbons (Fsp3) is 0.417. The first-order chi connectivity index (χ1) is 8.81. The predicted molar refractivity (Wildman–Crippen MR) is 62.7 cm³/mol. The molecule has 1 fully saturated rings. The number of nitrogens with zero attached hydrogens (tertiary/aromatic N) is 3. The van der Waals surface area contributed by atoms with Gasteiger partial charge in [0.15, 0.2) is 5.82 Å². The van der Waals surface area contributed by atoms with Crippen LogP contribution < -0.4 is 5.32 Å². The Bertz CT molecular complexity index is 514. The van der Waals surface area contributed by atoms with Gasteiger partial charge in [0.05, 0.1) is 12.1 Å². The third-order valence-corrected chi connectivity index (χ3v) is 3.00. The minimum atomic E-state index is -0.328. The summed E-state index contributed by atoms with van der Waals surface area (Å²) in [5.74, 6) is 1.20. The van der Waals surface area contributed by atoms with Gasteiger partial charge < -0.3 is 14.9 Å². The summed E-state index contributed by atoms with van der Waals surface area (Å²) >= 11 is 0. The van der Waals surface area contributed by atoms with Gasteiger partial charge in [-0.25, -0.2) is 0 Å². The predicted octanol–water partition coefficient (Wildman–Crippen LogP) is 0.451. The zero-order valence-electron chi connectivity index (χ0n) is 9.78. The molecule has 2 aromatic heterocycles. The lowest BCUT2D eigenvalue weighted by molar-refractivity contribution is 0.191.